The number of carbonyl (C=O) groups is 1. The number of rotatable bonds is 2. The highest BCUT2D eigenvalue weighted by Gasteiger charge is 2.30. The van der Waals surface area contributed by atoms with Crippen molar-refractivity contribution in [2.45, 2.75) is 25.9 Å². The van der Waals surface area contributed by atoms with Crippen molar-refractivity contribution >= 4 is 5.78 Å². The monoisotopic (exact) mass is 158 g/mol. The lowest BCUT2D eigenvalue weighted by Gasteiger charge is -2.18. The topological polar surface area (TPSA) is 32.3 Å². The van der Waals surface area contributed by atoms with Crippen LogP contribution in [0.1, 0.15) is 15.3 Å². The van der Waals surface area contributed by atoms with E-state index in [1.165, 1.54) is 0 Å². The van der Waals surface area contributed by atoms with E-state index in [0.29, 0.717) is 18.4 Å². The summed E-state index contributed by atoms with van der Waals surface area (Å²) in [5.74, 6) is 0.321. The maximum atomic E-state index is 11.2. The molecule has 1 aliphatic heterocycles. The van der Waals surface area contributed by atoms with Gasteiger partial charge in [-0.2, -0.15) is 0 Å². The Bertz CT molecular complexity index is 161. The molecule has 1 aliphatic rings. The van der Waals surface area contributed by atoms with Crippen molar-refractivity contribution in [2.75, 3.05) is 20.1 Å². The van der Waals surface area contributed by atoms with E-state index in [0.717, 1.165) is 6.54 Å². The van der Waals surface area contributed by atoms with Gasteiger partial charge in [-0.1, -0.05) is 0 Å². The molecule has 0 amide bonds. The van der Waals surface area contributed by atoms with Gasteiger partial charge in [0.1, 0.15) is 0 Å². The SMILES string of the molecule is CNC1CN(C(C)C)CC1=O.[HH]. The zero-order chi connectivity index (χ0) is 8.43. The fourth-order valence-corrected chi connectivity index (χ4v) is 1.36. The van der Waals surface area contributed by atoms with Crippen molar-refractivity contribution in [2.24, 2.45) is 0 Å². The number of likely N-dealkylation sites (N-methyl/N-ethyl adjacent to an activating group) is 1. The minimum Gasteiger partial charge on any atom is -0.309 e. The van der Waals surface area contributed by atoms with Crippen molar-refractivity contribution in [3.05, 3.63) is 0 Å². The Kier molecular flexibility index (Phi) is 2.62. The zero-order valence-corrected chi connectivity index (χ0v) is 7.42. The first-order valence-electron chi connectivity index (χ1n) is 4.09. The molecule has 1 atom stereocenters. The van der Waals surface area contributed by atoms with Crippen LogP contribution in [0.15, 0.2) is 0 Å². The second-order valence-electron chi connectivity index (χ2n) is 3.33. The summed E-state index contributed by atoms with van der Waals surface area (Å²) in [7, 11) is 1.84. The summed E-state index contributed by atoms with van der Waals surface area (Å²) in [4.78, 5) is 13.4. The van der Waals surface area contributed by atoms with Gasteiger partial charge in [-0.3, -0.25) is 9.69 Å². The minimum atomic E-state index is 0. The standard InChI is InChI=1S/C8H16N2O.H2/c1-6(2)10-4-7(9-3)8(11)5-10;/h6-7,9H,4-5H2,1-3H3;1H. The molecule has 1 rings (SSSR count). The van der Waals surface area contributed by atoms with E-state index >= 15 is 0 Å². The molecule has 0 aromatic carbocycles. The third-order valence-corrected chi connectivity index (χ3v) is 2.24. The Labute approximate surface area is 69.2 Å². The van der Waals surface area contributed by atoms with Crippen LogP contribution in [0.5, 0.6) is 0 Å². The summed E-state index contributed by atoms with van der Waals surface area (Å²) in [5, 5.41) is 3.01. The van der Waals surface area contributed by atoms with Crippen LogP contribution in [0.4, 0.5) is 0 Å². The second-order valence-corrected chi connectivity index (χ2v) is 3.33. The van der Waals surface area contributed by atoms with E-state index in [1.807, 2.05) is 7.05 Å². The molecular weight excluding hydrogens is 140 g/mol. The Morgan fingerprint density at radius 1 is 1.73 bits per heavy atom. The maximum Gasteiger partial charge on any atom is 0.164 e. The quantitative estimate of drug-likeness (QED) is 0.619. The van der Waals surface area contributed by atoms with Gasteiger partial charge in [0.15, 0.2) is 5.78 Å². The molecule has 3 nitrogen and oxygen atoms in total. The Hall–Kier alpha value is -0.410. The largest absolute Gasteiger partial charge is 0.309 e. The van der Waals surface area contributed by atoms with E-state index < -0.39 is 0 Å². The first kappa shape index (κ1) is 8.68. The molecule has 0 aromatic heterocycles. The summed E-state index contributed by atoms with van der Waals surface area (Å²) in [6.07, 6.45) is 0. The summed E-state index contributed by atoms with van der Waals surface area (Å²) >= 11 is 0. The number of nitrogens with one attached hydrogen (secondary N) is 1. The summed E-state index contributed by atoms with van der Waals surface area (Å²) in [6, 6.07) is 0.551. The van der Waals surface area contributed by atoms with Gasteiger partial charge < -0.3 is 5.32 Å². The fraction of sp³-hybridized carbons (Fsp3) is 0.875. The molecule has 0 spiro atoms. The highest BCUT2D eigenvalue weighted by Crippen LogP contribution is 2.08. The smallest absolute Gasteiger partial charge is 0.164 e. The van der Waals surface area contributed by atoms with Crippen molar-refractivity contribution < 1.29 is 6.22 Å². The highest BCUT2D eigenvalue weighted by atomic mass is 16.1. The summed E-state index contributed by atoms with van der Waals surface area (Å²) < 4.78 is 0. The molecule has 1 saturated heterocycles. The van der Waals surface area contributed by atoms with Crippen LogP contribution in [0, 0.1) is 0 Å². The van der Waals surface area contributed by atoms with E-state index in [1.54, 1.807) is 0 Å². The maximum absolute atomic E-state index is 11.2. The zero-order valence-electron chi connectivity index (χ0n) is 7.42. The van der Waals surface area contributed by atoms with Crippen molar-refractivity contribution in [1.29, 1.82) is 0 Å². The first-order valence-corrected chi connectivity index (χ1v) is 4.09. The van der Waals surface area contributed by atoms with Crippen LogP contribution < -0.4 is 5.32 Å². The highest BCUT2D eigenvalue weighted by molar-refractivity contribution is 5.88. The third-order valence-electron chi connectivity index (χ3n) is 2.24. The third kappa shape index (κ3) is 1.79. The number of hydrogen-bond donors (Lipinski definition) is 1. The molecular formula is C8H18N2O. The van der Waals surface area contributed by atoms with Gasteiger partial charge in [-0.05, 0) is 20.9 Å². The number of nitrogens with zero attached hydrogens (tertiary/aromatic N) is 1. The number of Topliss-reactive ketones (excluding diaryl/α,β-unsaturated/α-hetero) is 1. The lowest BCUT2D eigenvalue weighted by Crippen LogP contribution is -2.34. The number of hydrogen-bond acceptors (Lipinski definition) is 3. The molecule has 0 aliphatic carbocycles. The van der Waals surface area contributed by atoms with Crippen molar-refractivity contribution in [3.63, 3.8) is 0 Å². The van der Waals surface area contributed by atoms with Crippen molar-refractivity contribution in [3.8, 4) is 0 Å². The van der Waals surface area contributed by atoms with E-state index in [9.17, 15) is 4.79 Å². The number of likely N-dealkylation sites (tertiary alicyclic amines) is 1. The molecule has 0 bridgehead atoms. The van der Waals surface area contributed by atoms with Gasteiger partial charge in [0, 0.05) is 14.0 Å². The molecule has 66 valence electrons. The van der Waals surface area contributed by atoms with Gasteiger partial charge in [0.05, 0.1) is 12.6 Å². The van der Waals surface area contributed by atoms with Crippen molar-refractivity contribution in [1.82, 2.24) is 10.2 Å². The van der Waals surface area contributed by atoms with E-state index in [2.05, 4.69) is 24.1 Å². The van der Waals surface area contributed by atoms with Crippen LogP contribution in [0.2, 0.25) is 0 Å². The average molecular weight is 158 g/mol. The van der Waals surface area contributed by atoms with Crippen LogP contribution in [0.25, 0.3) is 0 Å². The van der Waals surface area contributed by atoms with Crippen LogP contribution in [-0.4, -0.2) is 42.9 Å². The Balaban J connectivity index is 0.00000121. The molecule has 3 heteroatoms. The van der Waals surface area contributed by atoms with Gasteiger partial charge in [-0.15, -0.1) is 0 Å². The lowest BCUT2D eigenvalue weighted by atomic mass is 10.2. The van der Waals surface area contributed by atoms with Gasteiger partial charge in [-0.25, -0.2) is 0 Å². The van der Waals surface area contributed by atoms with E-state index in [-0.39, 0.29) is 7.47 Å². The summed E-state index contributed by atoms with van der Waals surface area (Å²) in [5.41, 5.74) is 0. The fourth-order valence-electron chi connectivity index (χ4n) is 1.36. The molecule has 1 unspecified atom stereocenters. The number of ketones is 1. The van der Waals surface area contributed by atoms with Gasteiger partial charge in [0.25, 0.3) is 0 Å². The normalized spacial score (nSPS) is 26.9. The summed E-state index contributed by atoms with van der Waals surface area (Å²) in [6.45, 7) is 5.72. The average Bonchev–Trinajstić information content (AvgIpc) is 2.31. The van der Waals surface area contributed by atoms with E-state index in [4.69, 9.17) is 0 Å². The Morgan fingerprint density at radius 3 is 2.64 bits per heavy atom. The molecule has 0 aromatic rings. The molecule has 1 N–H and O–H groups in total. The predicted octanol–water partition coefficient (Wildman–Crippen LogP) is 0.113. The molecule has 11 heavy (non-hydrogen) atoms. The van der Waals surface area contributed by atoms with Crippen LogP contribution >= 0.6 is 0 Å². The lowest BCUT2D eigenvalue weighted by molar-refractivity contribution is -0.118. The first-order chi connectivity index (χ1) is 5.15. The van der Waals surface area contributed by atoms with Crippen LogP contribution in [0.3, 0.4) is 0 Å². The molecule has 1 heterocycles. The van der Waals surface area contributed by atoms with Crippen LogP contribution in [-0.2, 0) is 4.79 Å². The molecule has 0 radical (unpaired) electrons. The molecule has 0 saturated carbocycles. The Morgan fingerprint density at radius 2 is 2.36 bits per heavy atom. The van der Waals surface area contributed by atoms with Gasteiger partial charge in [0.2, 0.25) is 0 Å². The molecule has 1 fully saturated rings. The second kappa shape index (κ2) is 3.32. The minimum absolute atomic E-state index is 0. The predicted molar refractivity (Wildman–Crippen MR) is 46.7 cm³/mol. The number of carbonyl (C=O) groups excluding carboxylic acids is 1. The van der Waals surface area contributed by atoms with Gasteiger partial charge >= 0.3 is 0 Å².